The van der Waals surface area contributed by atoms with Crippen LogP contribution >= 0.6 is 49.7 Å². The molecule has 0 aliphatic carbocycles. The minimum absolute atomic E-state index is 0.151. The van der Waals surface area contributed by atoms with Crippen LogP contribution in [0.5, 0.6) is 0 Å². The number of hydrogen-bond donors (Lipinski definition) is 4. The van der Waals surface area contributed by atoms with Crippen LogP contribution in [-0.2, 0) is 9.84 Å². The van der Waals surface area contributed by atoms with E-state index in [0.717, 1.165) is 0 Å². The lowest BCUT2D eigenvalue weighted by Crippen LogP contribution is -2.06. The van der Waals surface area contributed by atoms with Crippen LogP contribution in [0.1, 0.15) is 0 Å². The summed E-state index contributed by atoms with van der Waals surface area (Å²) in [6, 6.07) is 12.7. The molecule has 0 saturated heterocycles. The van der Waals surface area contributed by atoms with E-state index in [-0.39, 0.29) is 18.4 Å². The van der Waals surface area contributed by atoms with Crippen LogP contribution in [0.15, 0.2) is 58.3 Å². The third-order valence-corrected chi connectivity index (χ3v) is 4.97. The standard InChI is InChI=1S/C14H12N2O2S5/c17-23(18,11-5-1-3-9(7-11)15-13(19)20)12-6-2-4-10(8-12)16-14(21)22/h1-8H,(H2,15,19,20)(H2,16,21,22). The van der Waals surface area contributed by atoms with Gasteiger partial charge < -0.3 is 10.6 Å². The van der Waals surface area contributed by atoms with E-state index in [0.29, 0.717) is 11.4 Å². The van der Waals surface area contributed by atoms with Crippen LogP contribution in [0.25, 0.3) is 0 Å². The molecule has 0 saturated carbocycles. The monoisotopic (exact) mass is 400 g/mol. The second-order valence-corrected chi connectivity index (χ2v) is 8.69. The van der Waals surface area contributed by atoms with Crippen molar-refractivity contribution in [1.29, 1.82) is 0 Å². The molecule has 0 aliphatic rings. The zero-order chi connectivity index (χ0) is 17.0. The van der Waals surface area contributed by atoms with Gasteiger partial charge in [-0.1, -0.05) is 36.6 Å². The van der Waals surface area contributed by atoms with E-state index in [1.807, 2.05) is 0 Å². The lowest BCUT2D eigenvalue weighted by Gasteiger charge is -2.10. The Morgan fingerprint density at radius 1 is 0.826 bits per heavy atom. The predicted octanol–water partition coefficient (Wildman–Crippen LogP) is 3.77. The van der Waals surface area contributed by atoms with Gasteiger partial charge in [-0.15, -0.1) is 25.3 Å². The number of anilines is 2. The van der Waals surface area contributed by atoms with Gasteiger partial charge in [0.15, 0.2) is 0 Å². The Kier molecular flexibility index (Phi) is 6.04. The van der Waals surface area contributed by atoms with Crippen LogP contribution in [0.4, 0.5) is 11.4 Å². The van der Waals surface area contributed by atoms with Crippen LogP contribution in [0, 0.1) is 0 Å². The normalized spacial score (nSPS) is 10.9. The largest absolute Gasteiger partial charge is 0.341 e. The second kappa shape index (κ2) is 7.63. The number of rotatable bonds is 4. The second-order valence-electron chi connectivity index (χ2n) is 4.42. The fourth-order valence-corrected chi connectivity index (χ4v) is 3.71. The van der Waals surface area contributed by atoms with E-state index in [1.54, 1.807) is 24.3 Å². The summed E-state index contributed by atoms with van der Waals surface area (Å²) in [5, 5.41) is 5.60. The fraction of sp³-hybridized carbons (Fsp3) is 0. The fourth-order valence-electron chi connectivity index (χ4n) is 1.87. The molecule has 0 bridgehead atoms. The summed E-state index contributed by atoms with van der Waals surface area (Å²) in [5.74, 6) is 0. The summed E-state index contributed by atoms with van der Waals surface area (Å²) in [4.78, 5) is 0.301. The molecule has 2 N–H and O–H groups in total. The van der Waals surface area contributed by atoms with E-state index in [1.165, 1.54) is 24.3 Å². The molecule has 2 aromatic carbocycles. The first-order valence-electron chi connectivity index (χ1n) is 6.24. The predicted molar refractivity (Wildman–Crippen MR) is 109 cm³/mol. The van der Waals surface area contributed by atoms with Crippen molar-refractivity contribution in [2.45, 2.75) is 9.79 Å². The summed E-state index contributed by atoms with van der Waals surface area (Å²) in [5.41, 5.74) is 1.11. The highest BCUT2D eigenvalue weighted by Crippen LogP contribution is 2.25. The Bertz CT molecular complexity index is 799. The number of nitrogens with one attached hydrogen (secondary N) is 2. The maximum Gasteiger partial charge on any atom is 0.206 e. The zero-order valence-corrected chi connectivity index (χ0v) is 15.8. The summed E-state index contributed by atoms with van der Waals surface area (Å²) in [6.45, 7) is 0. The van der Waals surface area contributed by atoms with Gasteiger partial charge in [0.1, 0.15) is 8.64 Å². The molecule has 2 rings (SSSR count). The lowest BCUT2D eigenvalue weighted by molar-refractivity contribution is 0.596. The Hall–Kier alpha value is -1.13. The third kappa shape index (κ3) is 4.92. The zero-order valence-electron chi connectivity index (χ0n) is 11.6. The van der Waals surface area contributed by atoms with Crippen molar-refractivity contribution < 1.29 is 8.42 Å². The highest BCUT2D eigenvalue weighted by atomic mass is 32.2. The topological polar surface area (TPSA) is 58.2 Å². The number of sulfone groups is 1. The van der Waals surface area contributed by atoms with Gasteiger partial charge >= 0.3 is 0 Å². The highest BCUT2D eigenvalue weighted by molar-refractivity contribution is 8.11. The summed E-state index contributed by atoms with van der Waals surface area (Å²) in [6.07, 6.45) is 0. The molecule has 4 nitrogen and oxygen atoms in total. The first-order chi connectivity index (χ1) is 10.8. The van der Waals surface area contributed by atoms with Crippen LogP contribution in [0.2, 0.25) is 0 Å². The van der Waals surface area contributed by atoms with Crippen LogP contribution < -0.4 is 10.6 Å². The summed E-state index contributed by atoms with van der Waals surface area (Å²) < 4.78 is 26.0. The summed E-state index contributed by atoms with van der Waals surface area (Å²) in [7, 11) is -3.67. The lowest BCUT2D eigenvalue weighted by atomic mass is 10.3. The summed E-state index contributed by atoms with van der Waals surface area (Å²) >= 11 is 17.6. The van der Waals surface area contributed by atoms with Gasteiger partial charge in [0.25, 0.3) is 0 Å². The van der Waals surface area contributed by atoms with Crippen molar-refractivity contribution >= 4 is 79.5 Å². The van der Waals surface area contributed by atoms with Gasteiger partial charge in [-0.25, -0.2) is 8.42 Å². The van der Waals surface area contributed by atoms with E-state index in [9.17, 15) is 8.42 Å². The molecule has 0 amide bonds. The third-order valence-electron chi connectivity index (χ3n) is 2.79. The molecule has 0 heterocycles. The average Bonchev–Trinajstić information content (AvgIpc) is 2.46. The molecule has 0 radical (unpaired) electrons. The van der Waals surface area contributed by atoms with Crippen molar-refractivity contribution in [3.8, 4) is 0 Å². The molecule has 0 aliphatic heterocycles. The van der Waals surface area contributed by atoms with Crippen molar-refractivity contribution in [2.24, 2.45) is 0 Å². The average molecular weight is 401 g/mol. The number of benzene rings is 2. The van der Waals surface area contributed by atoms with Crippen molar-refractivity contribution in [3.63, 3.8) is 0 Å². The molecule has 2 aromatic rings. The Morgan fingerprint density at radius 2 is 1.22 bits per heavy atom. The molecule has 0 spiro atoms. The smallest absolute Gasteiger partial charge is 0.206 e. The molecular formula is C14H12N2O2S5. The Balaban J connectivity index is 2.42. The first kappa shape index (κ1) is 18.2. The van der Waals surface area contributed by atoms with E-state index in [4.69, 9.17) is 24.4 Å². The van der Waals surface area contributed by atoms with Gasteiger partial charge in [0.2, 0.25) is 9.84 Å². The number of thiocarbonyl (C=S) groups is 2. The Labute approximate surface area is 156 Å². The van der Waals surface area contributed by atoms with Crippen molar-refractivity contribution in [2.75, 3.05) is 10.6 Å². The number of hydrogen-bond acceptors (Lipinski definition) is 4. The minimum atomic E-state index is -3.67. The van der Waals surface area contributed by atoms with E-state index < -0.39 is 9.84 Å². The van der Waals surface area contributed by atoms with Crippen LogP contribution in [0.3, 0.4) is 0 Å². The maximum atomic E-state index is 12.8. The van der Waals surface area contributed by atoms with Crippen LogP contribution in [-0.4, -0.2) is 17.1 Å². The highest BCUT2D eigenvalue weighted by Gasteiger charge is 2.18. The quantitative estimate of drug-likeness (QED) is 0.463. The molecule has 120 valence electrons. The molecule has 9 heteroatoms. The van der Waals surface area contributed by atoms with Gasteiger partial charge in [0, 0.05) is 11.4 Å². The molecule has 0 aromatic heterocycles. The Morgan fingerprint density at radius 3 is 1.57 bits per heavy atom. The van der Waals surface area contributed by atoms with E-state index >= 15 is 0 Å². The SMILES string of the molecule is O=S(=O)(c1cccc(NC(=S)S)c1)c1cccc(NC(=S)S)c1. The number of thiol groups is 2. The van der Waals surface area contributed by atoms with Gasteiger partial charge in [0.05, 0.1) is 9.79 Å². The molecule has 23 heavy (non-hydrogen) atoms. The first-order valence-corrected chi connectivity index (χ1v) is 9.43. The van der Waals surface area contributed by atoms with Crippen molar-refractivity contribution in [1.82, 2.24) is 0 Å². The molecule has 0 atom stereocenters. The van der Waals surface area contributed by atoms with E-state index in [2.05, 4.69) is 35.9 Å². The molecule has 0 fully saturated rings. The van der Waals surface area contributed by atoms with Gasteiger partial charge in [-0.2, -0.15) is 0 Å². The maximum absolute atomic E-state index is 12.8. The molecule has 0 unspecified atom stereocenters. The molecular weight excluding hydrogens is 389 g/mol. The van der Waals surface area contributed by atoms with Crippen molar-refractivity contribution in [3.05, 3.63) is 48.5 Å². The van der Waals surface area contributed by atoms with Gasteiger partial charge in [-0.3, -0.25) is 0 Å². The van der Waals surface area contributed by atoms with Gasteiger partial charge in [-0.05, 0) is 36.4 Å². The minimum Gasteiger partial charge on any atom is -0.341 e.